The van der Waals surface area contributed by atoms with Gasteiger partial charge in [-0.05, 0) is 47.5 Å². The SMILES string of the molecule is O=C(Cc1cnc[nH]1)Nc1cccc(-c2cccc(-c3nc4ccc(C(F)(F)F)cc4[nH]3)c2)c1. The molecule has 0 aliphatic heterocycles. The van der Waals surface area contributed by atoms with Crippen LogP contribution in [0.3, 0.4) is 0 Å². The predicted octanol–water partition coefficient (Wildman–Crippen LogP) is 5.82. The molecule has 0 aliphatic rings. The second kappa shape index (κ2) is 8.51. The number of nitrogens with zero attached hydrogens (tertiary/aromatic N) is 2. The smallest absolute Gasteiger partial charge is 0.348 e. The second-order valence-electron chi connectivity index (χ2n) is 7.78. The first kappa shape index (κ1) is 21.4. The monoisotopic (exact) mass is 461 g/mol. The number of hydrogen-bond acceptors (Lipinski definition) is 3. The minimum atomic E-state index is -4.42. The third-order valence-corrected chi connectivity index (χ3v) is 5.33. The number of hydrogen-bond donors (Lipinski definition) is 3. The zero-order valence-corrected chi connectivity index (χ0v) is 17.6. The largest absolute Gasteiger partial charge is 0.416 e. The van der Waals surface area contributed by atoms with E-state index in [1.165, 1.54) is 12.4 Å². The van der Waals surface area contributed by atoms with Gasteiger partial charge < -0.3 is 15.3 Å². The number of halogens is 3. The highest BCUT2D eigenvalue weighted by Gasteiger charge is 2.30. The molecule has 5 aromatic rings. The Kier molecular flexibility index (Phi) is 5.37. The van der Waals surface area contributed by atoms with E-state index in [0.29, 0.717) is 22.5 Å². The molecule has 2 aromatic heterocycles. The van der Waals surface area contributed by atoms with Gasteiger partial charge in [-0.1, -0.05) is 30.3 Å². The molecule has 1 amide bonds. The minimum Gasteiger partial charge on any atom is -0.348 e. The van der Waals surface area contributed by atoms with E-state index in [1.54, 1.807) is 12.3 Å². The molecule has 2 heterocycles. The topological polar surface area (TPSA) is 86.5 Å². The van der Waals surface area contributed by atoms with Crippen molar-refractivity contribution in [3.05, 3.63) is 90.5 Å². The molecular weight excluding hydrogens is 443 g/mol. The molecule has 3 aromatic carbocycles. The molecule has 0 bridgehead atoms. The number of H-pyrrole nitrogens is 2. The molecule has 170 valence electrons. The molecule has 0 saturated carbocycles. The first-order chi connectivity index (χ1) is 16.3. The molecule has 34 heavy (non-hydrogen) atoms. The van der Waals surface area contributed by atoms with Gasteiger partial charge in [0.25, 0.3) is 0 Å². The van der Waals surface area contributed by atoms with E-state index in [1.807, 2.05) is 42.5 Å². The Labute approximate surface area is 191 Å². The van der Waals surface area contributed by atoms with E-state index >= 15 is 0 Å². The van der Waals surface area contributed by atoms with Gasteiger partial charge >= 0.3 is 6.18 Å². The maximum absolute atomic E-state index is 13.0. The second-order valence-corrected chi connectivity index (χ2v) is 7.78. The third-order valence-electron chi connectivity index (χ3n) is 5.33. The highest BCUT2D eigenvalue weighted by Crippen LogP contribution is 2.32. The van der Waals surface area contributed by atoms with Crippen LogP contribution in [-0.4, -0.2) is 25.8 Å². The number of benzene rings is 3. The van der Waals surface area contributed by atoms with Crippen molar-refractivity contribution in [3.8, 4) is 22.5 Å². The van der Waals surface area contributed by atoms with Crippen molar-refractivity contribution >= 4 is 22.6 Å². The van der Waals surface area contributed by atoms with E-state index in [4.69, 9.17) is 0 Å². The average molecular weight is 461 g/mol. The van der Waals surface area contributed by atoms with E-state index < -0.39 is 11.7 Å². The lowest BCUT2D eigenvalue weighted by Gasteiger charge is -2.08. The third kappa shape index (κ3) is 4.54. The molecule has 0 aliphatic carbocycles. The van der Waals surface area contributed by atoms with Gasteiger partial charge in [-0.25, -0.2) is 9.97 Å². The van der Waals surface area contributed by atoms with Gasteiger partial charge in [0.15, 0.2) is 0 Å². The number of aromatic amines is 2. The number of carbonyl (C=O) groups is 1. The fourth-order valence-electron chi connectivity index (χ4n) is 3.70. The van der Waals surface area contributed by atoms with Crippen LogP contribution in [0.5, 0.6) is 0 Å². The van der Waals surface area contributed by atoms with Crippen LogP contribution in [0.1, 0.15) is 11.3 Å². The zero-order valence-electron chi connectivity index (χ0n) is 17.6. The van der Waals surface area contributed by atoms with Gasteiger partial charge in [0, 0.05) is 23.1 Å². The Morgan fingerprint density at radius 3 is 2.47 bits per heavy atom. The van der Waals surface area contributed by atoms with Gasteiger partial charge in [0.2, 0.25) is 5.91 Å². The summed E-state index contributed by atoms with van der Waals surface area (Å²) in [6.45, 7) is 0. The van der Waals surface area contributed by atoms with E-state index in [9.17, 15) is 18.0 Å². The van der Waals surface area contributed by atoms with E-state index in [0.717, 1.165) is 34.5 Å². The summed E-state index contributed by atoms with van der Waals surface area (Å²) in [5, 5.41) is 2.87. The number of fused-ring (bicyclic) bond motifs is 1. The lowest BCUT2D eigenvalue weighted by Crippen LogP contribution is -2.14. The summed E-state index contributed by atoms with van der Waals surface area (Å²) in [5.41, 5.74) is 3.89. The van der Waals surface area contributed by atoms with Crippen LogP contribution in [0, 0.1) is 0 Å². The Balaban J connectivity index is 1.40. The van der Waals surface area contributed by atoms with Gasteiger partial charge in [-0.15, -0.1) is 0 Å². The van der Waals surface area contributed by atoms with E-state index in [-0.39, 0.29) is 12.3 Å². The van der Waals surface area contributed by atoms with Crippen LogP contribution in [0.15, 0.2) is 79.3 Å². The first-order valence-corrected chi connectivity index (χ1v) is 10.4. The minimum absolute atomic E-state index is 0.171. The van der Waals surface area contributed by atoms with Crippen LogP contribution in [0.2, 0.25) is 0 Å². The molecule has 0 radical (unpaired) electrons. The van der Waals surface area contributed by atoms with Gasteiger partial charge in [0.05, 0.1) is 29.3 Å². The number of imidazole rings is 2. The molecule has 9 heteroatoms. The molecule has 5 rings (SSSR count). The fraction of sp³-hybridized carbons (Fsp3) is 0.0800. The van der Waals surface area contributed by atoms with Crippen LogP contribution in [0.25, 0.3) is 33.5 Å². The lowest BCUT2D eigenvalue weighted by molar-refractivity contribution is -0.137. The van der Waals surface area contributed by atoms with Crippen molar-refractivity contribution in [2.24, 2.45) is 0 Å². The Hall–Kier alpha value is -4.40. The van der Waals surface area contributed by atoms with Crippen molar-refractivity contribution < 1.29 is 18.0 Å². The standard InChI is InChI=1S/C25H18F3N5O/c26-25(27,28)18-7-8-21-22(11-18)33-24(32-21)17-5-1-3-15(9-17)16-4-2-6-19(10-16)31-23(34)12-20-13-29-14-30-20/h1-11,13-14H,12H2,(H,29,30)(H,31,34)(H,32,33). The Morgan fingerprint density at radius 1 is 0.941 bits per heavy atom. The van der Waals surface area contributed by atoms with Crippen molar-refractivity contribution in [1.29, 1.82) is 0 Å². The molecule has 3 N–H and O–H groups in total. The fourth-order valence-corrected chi connectivity index (χ4v) is 3.70. The lowest BCUT2D eigenvalue weighted by atomic mass is 10.0. The molecule has 0 spiro atoms. The predicted molar refractivity (Wildman–Crippen MR) is 123 cm³/mol. The van der Waals surface area contributed by atoms with Crippen molar-refractivity contribution in [1.82, 2.24) is 19.9 Å². The van der Waals surface area contributed by atoms with Crippen molar-refractivity contribution in [3.63, 3.8) is 0 Å². The van der Waals surface area contributed by atoms with Gasteiger partial charge in [-0.3, -0.25) is 4.79 Å². The Bertz CT molecular complexity index is 1470. The van der Waals surface area contributed by atoms with Crippen molar-refractivity contribution in [2.75, 3.05) is 5.32 Å². The molecule has 6 nitrogen and oxygen atoms in total. The van der Waals surface area contributed by atoms with Gasteiger partial charge in [0.1, 0.15) is 5.82 Å². The number of amides is 1. The number of anilines is 1. The van der Waals surface area contributed by atoms with Crippen LogP contribution < -0.4 is 5.32 Å². The van der Waals surface area contributed by atoms with Crippen LogP contribution in [0.4, 0.5) is 18.9 Å². The number of rotatable bonds is 5. The Morgan fingerprint density at radius 2 is 1.71 bits per heavy atom. The summed E-state index contributed by atoms with van der Waals surface area (Å²) in [6.07, 6.45) is -1.11. The molecule has 0 fully saturated rings. The highest BCUT2D eigenvalue weighted by atomic mass is 19.4. The molecular formula is C25H18F3N5O. The summed E-state index contributed by atoms with van der Waals surface area (Å²) < 4.78 is 39.1. The number of alkyl halides is 3. The quantitative estimate of drug-likeness (QED) is 0.308. The molecule has 0 unspecified atom stereocenters. The number of nitrogens with one attached hydrogen (secondary N) is 3. The summed E-state index contributed by atoms with van der Waals surface area (Å²) in [6, 6.07) is 18.4. The highest BCUT2D eigenvalue weighted by molar-refractivity contribution is 5.92. The zero-order chi connectivity index (χ0) is 23.7. The molecule has 0 saturated heterocycles. The normalized spacial score (nSPS) is 11.6. The number of carbonyl (C=O) groups excluding carboxylic acids is 1. The summed E-state index contributed by atoms with van der Waals surface area (Å²) in [5.74, 6) is 0.302. The summed E-state index contributed by atoms with van der Waals surface area (Å²) in [7, 11) is 0. The van der Waals surface area contributed by atoms with Crippen LogP contribution in [-0.2, 0) is 17.4 Å². The van der Waals surface area contributed by atoms with Crippen molar-refractivity contribution in [2.45, 2.75) is 12.6 Å². The summed E-state index contributed by atoms with van der Waals surface area (Å²) >= 11 is 0. The average Bonchev–Trinajstić information content (AvgIpc) is 3.48. The first-order valence-electron chi connectivity index (χ1n) is 10.4. The van der Waals surface area contributed by atoms with Gasteiger partial charge in [-0.2, -0.15) is 13.2 Å². The molecule has 0 atom stereocenters. The maximum atomic E-state index is 13.0. The maximum Gasteiger partial charge on any atom is 0.416 e. The summed E-state index contributed by atoms with van der Waals surface area (Å²) in [4.78, 5) is 26.5. The van der Waals surface area contributed by atoms with Crippen LogP contribution >= 0.6 is 0 Å². The van der Waals surface area contributed by atoms with E-state index in [2.05, 4.69) is 25.3 Å². The number of aromatic nitrogens is 4.